The van der Waals surface area contributed by atoms with Crippen LogP contribution in [0.4, 0.5) is 5.69 Å². The molecule has 0 unspecified atom stereocenters. The Kier molecular flexibility index (Phi) is 6.88. The Morgan fingerprint density at radius 2 is 1.74 bits per heavy atom. The molecule has 9 nitrogen and oxygen atoms in total. The number of carbonyl (C=O) groups is 1. The van der Waals surface area contributed by atoms with Crippen molar-refractivity contribution in [1.29, 1.82) is 0 Å². The van der Waals surface area contributed by atoms with Crippen LogP contribution >= 0.6 is 0 Å². The summed E-state index contributed by atoms with van der Waals surface area (Å²) >= 11 is 0. The van der Waals surface area contributed by atoms with Crippen molar-refractivity contribution in [1.82, 2.24) is 24.5 Å². The molecular weight excluding hydrogens is 464 g/mol. The first-order valence-electron chi connectivity index (χ1n) is 11.8. The highest BCUT2D eigenvalue weighted by Gasteiger charge is 2.31. The maximum absolute atomic E-state index is 12.9. The van der Waals surface area contributed by atoms with E-state index in [-0.39, 0.29) is 30.0 Å². The third-order valence-corrected chi connectivity index (χ3v) is 8.46. The van der Waals surface area contributed by atoms with Gasteiger partial charge in [-0.2, -0.15) is 10.2 Å². The Balaban J connectivity index is 1.42. The molecule has 3 aromatic rings. The molecule has 1 aromatic carbocycles. The second-order valence-corrected chi connectivity index (χ2v) is 11.9. The van der Waals surface area contributed by atoms with Gasteiger partial charge in [-0.1, -0.05) is 17.7 Å². The van der Waals surface area contributed by atoms with Crippen LogP contribution in [0.15, 0.2) is 24.3 Å². The number of anilines is 1. The van der Waals surface area contributed by atoms with Gasteiger partial charge in [-0.05, 0) is 60.2 Å². The average molecular weight is 499 g/mol. The van der Waals surface area contributed by atoms with E-state index in [0.717, 1.165) is 39.7 Å². The van der Waals surface area contributed by atoms with Gasteiger partial charge >= 0.3 is 0 Å². The van der Waals surface area contributed by atoms with Gasteiger partial charge in [0.2, 0.25) is 5.91 Å². The first-order valence-corrected chi connectivity index (χ1v) is 13.6. The second kappa shape index (κ2) is 9.58. The topological polar surface area (TPSA) is 102 Å². The number of nitrogens with zero attached hydrogens (tertiary/aromatic N) is 5. The van der Waals surface area contributed by atoms with Crippen LogP contribution in [-0.2, 0) is 21.2 Å². The summed E-state index contributed by atoms with van der Waals surface area (Å²) in [6.45, 7) is 10.5. The van der Waals surface area contributed by atoms with Crippen molar-refractivity contribution in [3.63, 3.8) is 0 Å². The molecular formula is C25H34N6O3S. The van der Waals surface area contributed by atoms with E-state index in [4.69, 9.17) is 0 Å². The van der Waals surface area contributed by atoms with Crippen molar-refractivity contribution in [3.8, 4) is 5.69 Å². The summed E-state index contributed by atoms with van der Waals surface area (Å²) < 4.78 is 27.5. The average Bonchev–Trinajstić information content (AvgIpc) is 3.38. The predicted molar refractivity (Wildman–Crippen MR) is 137 cm³/mol. The number of sulfone groups is 1. The minimum absolute atomic E-state index is 0.114. The van der Waals surface area contributed by atoms with E-state index in [2.05, 4.69) is 15.5 Å². The molecule has 3 heterocycles. The molecule has 0 spiro atoms. The summed E-state index contributed by atoms with van der Waals surface area (Å²) in [5.74, 6) is 0.235. The zero-order valence-electron chi connectivity index (χ0n) is 21.3. The number of aryl methyl sites for hydroxylation is 3. The van der Waals surface area contributed by atoms with Crippen LogP contribution in [0, 0.1) is 34.6 Å². The highest BCUT2D eigenvalue weighted by Crippen LogP contribution is 2.27. The summed E-state index contributed by atoms with van der Waals surface area (Å²) in [7, 11) is -1.09. The second-order valence-electron chi connectivity index (χ2n) is 9.66. The molecule has 10 heteroatoms. The Hall–Kier alpha value is -2.98. The van der Waals surface area contributed by atoms with Crippen LogP contribution < -0.4 is 5.32 Å². The monoisotopic (exact) mass is 498 g/mol. The van der Waals surface area contributed by atoms with Gasteiger partial charge < -0.3 is 5.32 Å². The molecule has 2 aromatic heterocycles. The smallest absolute Gasteiger partial charge is 0.238 e. The minimum atomic E-state index is -2.99. The van der Waals surface area contributed by atoms with Gasteiger partial charge in [0, 0.05) is 17.8 Å². The predicted octanol–water partition coefficient (Wildman–Crippen LogP) is 3.04. The molecule has 0 aliphatic carbocycles. The van der Waals surface area contributed by atoms with Gasteiger partial charge in [0.1, 0.15) is 0 Å². The van der Waals surface area contributed by atoms with Gasteiger partial charge in [0.15, 0.2) is 9.84 Å². The van der Waals surface area contributed by atoms with E-state index >= 15 is 0 Å². The number of rotatable bonds is 7. The van der Waals surface area contributed by atoms with E-state index in [9.17, 15) is 13.2 Å². The van der Waals surface area contributed by atoms with Crippen LogP contribution in [0.3, 0.4) is 0 Å². The molecule has 1 atom stereocenters. The van der Waals surface area contributed by atoms with Crippen molar-refractivity contribution in [2.24, 2.45) is 0 Å². The molecule has 1 aliphatic rings. The standard InChI is InChI=1S/C25H34N6O3S/c1-16-7-9-21(10-8-16)31-20(5)25(18(3)28-31)26-24(32)14-29(6)13-23-17(2)27-30(19(23)4)22-11-12-35(33,34)15-22/h7-10,22H,11-15H2,1-6H3,(H,26,32)/t22-/m1/s1. The van der Waals surface area contributed by atoms with Gasteiger partial charge in [-0.25, -0.2) is 13.1 Å². The van der Waals surface area contributed by atoms with Crippen molar-refractivity contribution in [2.45, 2.75) is 53.6 Å². The summed E-state index contributed by atoms with van der Waals surface area (Å²) in [4.78, 5) is 14.8. The molecule has 0 radical (unpaired) electrons. The molecule has 35 heavy (non-hydrogen) atoms. The van der Waals surface area contributed by atoms with Crippen LogP contribution in [0.1, 0.15) is 46.4 Å². The minimum Gasteiger partial charge on any atom is -0.322 e. The number of benzene rings is 1. The largest absolute Gasteiger partial charge is 0.322 e. The van der Waals surface area contributed by atoms with Crippen LogP contribution in [0.5, 0.6) is 0 Å². The zero-order chi connectivity index (χ0) is 25.5. The first-order chi connectivity index (χ1) is 16.4. The quantitative estimate of drug-likeness (QED) is 0.537. The number of aromatic nitrogens is 4. The van der Waals surface area contributed by atoms with E-state index in [1.54, 1.807) is 0 Å². The maximum atomic E-state index is 12.9. The third-order valence-electron chi connectivity index (χ3n) is 6.70. The summed E-state index contributed by atoms with van der Waals surface area (Å²) in [6.07, 6.45) is 0.594. The van der Waals surface area contributed by atoms with Crippen molar-refractivity contribution in [3.05, 3.63) is 58.2 Å². The SMILES string of the molecule is Cc1ccc(-n2nc(C)c(NC(=O)CN(C)Cc3c(C)nn([C@@H]4CCS(=O)(=O)C4)c3C)c2C)cc1. The first kappa shape index (κ1) is 25.1. The molecule has 1 saturated heterocycles. The molecule has 1 amide bonds. The molecule has 1 aliphatic heterocycles. The number of hydrogen-bond acceptors (Lipinski definition) is 6. The molecule has 1 N–H and O–H groups in total. The van der Waals surface area contributed by atoms with Crippen molar-refractivity contribution < 1.29 is 13.2 Å². The van der Waals surface area contributed by atoms with Gasteiger partial charge in [0.25, 0.3) is 0 Å². The Bertz CT molecular complexity index is 1350. The molecule has 4 rings (SSSR count). The van der Waals surface area contributed by atoms with Gasteiger partial charge in [0.05, 0.1) is 52.5 Å². The fraction of sp³-hybridized carbons (Fsp3) is 0.480. The summed E-state index contributed by atoms with van der Waals surface area (Å²) in [6, 6.07) is 7.99. The number of amides is 1. The van der Waals surface area contributed by atoms with E-state index in [1.165, 1.54) is 5.56 Å². The van der Waals surface area contributed by atoms with E-state index in [0.29, 0.717) is 13.0 Å². The number of nitrogens with one attached hydrogen (secondary N) is 1. The Labute approximate surface area is 207 Å². The van der Waals surface area contributed by atoms with Crippen LogP contribution in [0.2, 0.25) is 0 Å². The van der Waals surface area contributed by atoms with Crippen LogP contribution in [-0.4, -0.2) is 63.9 Å². The Morgan fingerprint density at radius 3 is 2.37 bits per heavy atom. The fourth-order valence-electron chi connectivity index (χ4n) is 4.76. The summed E-state index contributed by atoms with van der Waals surface area (Å²) in [5, 5.41) is 12.3. The van der Waals surface area contributed by atoms with E-state index in [1.807, 2.05) is 80.2 Å². The summed E-state index contributed by atoms with van der Waals surface area (Å²) in [5.41, 5.74) is 7.35. The Morgan fingerprint density at radius 1 is 1.06 bits per heavy atom. The zero-order valence-corrected chi connectivity index (χ0v) is 22.1. The molecule has 0 bridgehead atoms. The number of likely N-dealkylation sites (N-methyl/N-ethyl adjacent to an activating group) is 1. The van der Waals surface area contributed by atoms with Crippen molar-refractivity contribution >= 4 is 21.4 Å². The van der Waals surface area contributed by atoms with E-state index < -0.39 is 9.84 Å². The highest BCUT2D eigenvalue weighted by atomic mass is 32.2. The highest BCUT2D eigenvalue weighted by molar-refractivity contribution is 7.91. The normalized spacial score (nSPS) is 17.3. The lowest BCUT2D eigenvalue weighted by atomic mass is 10.1. The van der Waals surface area contributed by atoms with Gasteiger partial charge in [-0.3, -0.25) is 14.4 Å². The maximum Gasteiger partial charge on any atom is 0.238 e. The lowest BCUT2D eigenvalue weighted by Gasteiger charge is -2.17. The molecule has 0 saturated carbocycles. The van der Waals surface area contributed by atoms with Crippen LogP contribution in [0.25, 0.3) is 5.69 Å². The molecule has 1 fully saturated rings. The lowest BCUT2D eigenvalue weighted by molar-refractivity contribution is -0.117. The van der Waals surface area contributed by atoms with Gasteiger partial charge in [-0.15, -0.1) is 0 Å². The molecule has 188 valence electrons. The third kappa shape index (κ3) is 5.33. The van der Waals surface area contributed by atoms with Crippen molar-refractivity contribution in [2.75, 3.05) is 30.4 Å². The fourth-order valence-corrected chi connectivity index (χ4v) is 6.45. The lowest BCUT2D eigenvalue weighted by Crippen LogP contribution is -2.30. The number of carbonyl (C=O) groups excluding carboxylic acids is 1. The number of hydrogen-bond donors (Lipinski definition) is 1.